The van der Waals surface area contributed by atoms with E-state index >= 15 is 0 Å². The van der Waals surface area contributed by atoms with E-state index in [-0.39, 0.29) is 5.91 Å². The molecule has 0 unspecified atom stereocenters. The lowest BCUT2D eigenvalue weighted by Gasteiger charge is -2.21. The summed E-state index contributed by atoms with van der Waals surface area (Å²) >= 11 is 0. The smallest absolute Gasteiger partial charge is 0.240 e. The standard InChI is InChI=1S/C14H21N3O/c1-4-16(2)10-14(18)17(3)12-6-5-11-7-8-15-13(11)9-12/h5-6,9,15H,4,7-8,10H2,1-3H3. The molecule has 0 fully saturated rings. The van der Waals surface area contributed by atoms with Crippen molar-refractivity contribution in [2.75, 3.05) is 43.9 Å². The molecule has 0 atom stereocenters. The Kier molecular flexibility index (Phi) is 3.87. The molecule has 1 aliphatic rings. The van der Waals surface area contributed by atoms with E-state index in [0.717, 1.165) is 30.9 Å². The van der Waals surface area contributed by atoms with Gasteiger partial charge in [-0.25, -0.2) is 0 Å². The van der Waals surface area contributed by atoms with Crippen LogP contribution in [0.4, 0.5) is 11.4 Å². The fraction of sp³-hybridized carbons (Fsp3) is 0.500. The van der Waals surface area contributed by atoms with Gasteiger partial charge in [0, 0.05) is 25.0 Å². The Morgan fingerprint density at radius 3 is 2.89 bits per heavy atom. The van der Waals surface area contributed by atoms with E-state index in [1.165, 1.54) is 5.56 Å². The molecule has 98 valence electrons. The fourth-order valence-corrected chi connectivity index (χ4v) is 2.08. The molecular weight excluding hydrogens is 226 g/mol. The minimum absolute atomic E-state index is 0.122. The number of hydrogen-bond donors (Lipinski definition) is 1. The maximum atomic E-state index is 12.1. The first-order valence-corrected chi connectivity index (χ1v) is 6.43. The van der Waals surface area contributed by atoms with Crippen molar-refractivity contribution in [1.29, 1.82) is 0 Å². The maximum Gasteiger partial charge on any atom is 0.240 e. The molecule has 4 nitrogen and oxygen atoms in total. The molecule has 0 bridgehead atoms. The predicted molar refractivity (Wildman–Crippen MR) is 75.2 cm³/mol. The normalized spacial score (nSPS) is 13.3. The molecule has 1 N–H and O–H groups in total. The summed E-state index contributed by atoms with van der Waals surface area (Å²) in [5.74, 6) is 0.122. The average Bonchev–Trinajstić information content (AvgIpc) is 2.84. The van der Waals surface area contributed by atoms with Crippen LogP contribution >= 0.6 is 0 Å². The van der Waals surface area contributed by atoms with Gasteiger partial charge in [-0.2, -0.15) is 0 Å². The van der Waals surface area contributed by atoms with Crippen molar-refractivity contribution in [1.82, 2.24) is 4.90 Å². The van der Waals surface area contributed by atoms with E-state index in [4.69, 9.17) is 0 Å². The summed E-state index contributed by atoms with van der Waals surface area (Å²) in [6.45, 7) is 4.38. The van der Waals surface area contributed by atoms with E-state index in [2.05, 4.69) is 17.4 Å². The Bertz CT molecular complexity index is 445. The largest absolute Gasteiger partial charge is 0.384 e. The first-order chi connectivity index (χ1) is 8.61. The van der Waals surface area contributed by atoms with Gasteiger partial charge in [-0.1, -0.05) is 13.0 Å². The van der Waals surface area contributed by atoms with Crippen LogP contribution in [0.1, 0.15) is 12.5 Å². The number of fused-ring (bicyclic) bond motifs is 1. The number of hydrogen-bond acceptors (Lipinski definition) is 3. The van der Waals surface area contributed by atoms with Gasteiger partial charge < -0.3 is 10.2 Å². The Morgan fingerprint density at radius 1 is 1.39 bits per heavy atom. The Morgan fingerprint density at radius 2 is 2.17 bits per heavy atom. The highest BCUT2D eigenvalue weighted by Gasteiger charge is 2.16. The van der Waals surface area contributed by atoms with Gasteiger partial charge >= 0.3 is 0 Å². The third-order valence-corrected chi connectivity index (χ3v) is 3.51. The SMILES string of the molecule is CCN(C)CC(=O)N(C)c1ccc2c(c1)NCC2. The summed E-state index contributed by atoms with van der Waals surface area (Å²) in [7, 11) is 3.79. The quantitative estimate of drug-likeness (QED) is 0.877. The van der Waals surface area contributed by atoms with Gasteiger partial charge in [-0.3, -0.25) is 9.69 Å². The van der Waals surface area contributed by atoms with Crippen LogP contribution in [0.15, 0.2) is 18.2 Å². The van der Waals surface area contributed by atoms with E-state index in [0.29, 0.717) is 6.54 Å². The summed E-state index contributed by atoms with van der Waals surface area (Å²) < 4.78 is 0. The second-order valence-corrected chi connectivity index (χ2v) is 4.80. The lowest BCUT2D eigenvalue weighted by atomic mass is 10.1. The van der Waals surface area contributed by atoms with Crippen LogP contribution in [0.5, 0.6) is 0 Å². The van der Waals surface area contributed by atoms with Crippen LogP contribution in [0.25, 0.3) is 0 Å². The predicted octanol–water partition coefficient (Wildman–Crippen LogP) is 1.57. The zero-order chi connectivity index (χ0) is 13.1. The van der Waals surface area contributed by atoms with Crippen molar-refractivity contribution in [3.63, 3.8) is 0 Å². The lowest BCUT2D eigenvalue weighted by Crippen LogP contribution is -2.36. The van der Waals surface area contributed by atoms with Crippen LogP contribution in [0.3, 0.4) is 0 Å². The van der Waals surface area contributed by atoms with Gasteiger partial charge in [0.25, 0.3) is 0 Å². The van der Waals surface area contributed by atoms with E-state index in [1.807, 2.05) is 32.0 Å². The highest BCUT2D eigenvalue weighted by atomic mass is 16.2. The van der Waals surface area contributed by atoms with E-state index in [1.54, 1.807) is 4.90 Å². The van der Waals surface area contributed by atoms with Gasteiger partial charge in [-0.15, -0.1) is 0 Å². The Hall–Kier alpha value is -1.55. The summed E-state index contributed by atoms with van der Waals surface area (Å²) in [6, 6.07) is 6.19. The van der Waals surface area contributed by atoms with Crippen molar-refractivity contribution in [2.24, 2.45) is 0 Å². The number of carbonyl (C=O) groups is 1. The number of nitrogens with zero attached hydrogens (tertiary/aromatic N) is 2. The number of carbonyl (C=O) groups excluding carboxylic acids is 1. The van der Waals surface area contributed by atoms with Crippen molar-refractivity contribution < 1.29 is 4.79 Å². The molecular formula is C14H21N3O. The molecule has 1 amide bonds. The summed E-state index contributed by atoms with van der Waals surface area (Å²) in [5.41, 5.74) is 3.46. The topological polar surface area (TPSA) is 35.6 Å². The number of rotatable bonds is 4. The fourth-order valence-electron chi connectivity index (χ4n) is 2.08. The molecule has 2 rings (SSSR count). The minimum Gasteiger partial charge on any atom is -0.384 e. The molecule has 0 saturated heterocycles. The van der Waals surface area contributed by atoms with E-state index in [9.17, 15) is 4.79 Å². The van der Waals surface area contributed by atoms with Gasteiger partial charge in [0.1, 0.15) is 0 Å². The van der Waals surface area contributed by atoms with Crippen molar-refractivity contribution in [3.05, 3.63) is 23.8 Å². The van der Waals surface area contributed by atoms with Gasteiger partial charge in [0.15, 0.2) is 0 Å². The van der Waals surface area contributed by atoms with Crippen LogP contribution < -0.4 is 10.2 Å². The molecule has 0 aromatic heterocycles. The maximum absolute atomic E-state index is 12.1. The minimum atomic E-state index is 0.122. The number of likely N-dealkylation sites (N-methyl/N-ethyl adjacent to an activating group) is 2. The highest BCUT2D eigenvalue weighted by molar-refractivity contribution is 5.94. The van der Waals surface area contributed by atoms with Gasteiger partial charge in [-0.05, 0) is 37.7 Å². The third kappa shape index (κ3) is 2.64. The molecule has 4 heteroatoms. The molecule has 0 spiro atoms. The third-order valence-electron chi connectivity index (χ3n) is 3.51. The monoisotopic (exact) mass is 247 g/mol. The molecule has 1 aromatic rings. The zero-order valence-electron chi connectivity index (χ0n) is 11.4. The molecule has 0 saturated carbocycles. The number of amides is 1. The van der Waals surface area contributed by atoms with Crippen LogP contribution in [-0.4, -0.2) is 44.5 Å². The summed E-state index contributed by atoms with van der Waals surface area (Å²) in [5, 5.41) is 3.34. The molecule has 18 heavy (non-hydrogen) atoms. The van der Waals surface area contributed by atoms with Crippen molar-refractivity contribution in [3.8, 4) is 0 Å². The summed E-state index contributed by atoms with van der Waals surface area (Å²) in [4.78, 5) is 15.8. The van der Waals surface area contributed by atoms with Crippen molar-refractivity contribution in [2.45, 2.75) is 13.3 Å². The van der Waals surface area contributed by atoms with E-state index < -0.39 is 0 Å². The van der Waals surface area contributed by atoms with Crippen LogP contribution in [-0.2, 0) is 11.2 Å². The highest BCUT2D eigenvalue weighted by Crippen LogP contribution is 2.27. The van der Waals surface area contributed by atoms with Crippen LogP contribution in [0, 0.1) is 0 Å². The second-order valence-electron chi connectivity index (χ2n) is 4.80. The zero-order valence-corrected chi connectivity index (χ0v) is 11.4. The van der Waals surface area contributed by atoms with Crippen molar-refractivity contribution >= 4 is 17.3 Å². The second kappa shape index (κ2) is 5.40. The average molecular weight is 247 g/mol. The number of nitrogens with one attached hydrogen (secondary N) is 1. The molecule has 1 aromatic carbocycles. The summed E-state index contributed by atoms with van der Waals surface area (Å²) in [6.07, 6.45) is 1.08. The van der Waals surface area contributed by atoms with Gasteiger partial charge in [0.05, 0.1) is 6.54 Å². The number of anilines is 2. The van der Waals surface area contributed by atoms with Crippen LogP contribution in [0.2, 0.25) is 0 Å². The van der Waals surface area contributed by atoms with Gasteiger partial charge in [0.2, 0.25) is 5.91 Å². The first-order valence-electron chi connectivity index (χ1n) is 6.43. The molecule has 0 aliphatic carbocycles. The number of benzene rings is 1. The first kappa shape index (κ1) is 12.9. The Balaban J connectivity index is 2.09. The molecule has 1 aliphatic heterocycles. The Labute approximate surface area is 109 Å². The molecule has 0 radical (unpaired) electrons. The lowest BCUT2D eigenvalue weighted by molar-refractivity contribution is -0.119. The molecule has 1 heterocycles.